The van der Waals surface area contributed by atoms with E-state index in [0.717, 1.165) is 43.1 Å². The predicted octanol–water partition coefficient (Wildman–Crippen LogP) is 3.42. The van der Waals surface area contributed by atoms with Crippen molar-refractivity contribution < 1.29 is 19.1 Å². The number of aromatic nitrogens is 1. The number of nitrogens with zero attached hydrogens (tertiary/aromatic N) is 2. The Morgan fingerprint density at radius 3 is 2.45 bits per heavy atom. The van der Waals surface area contributed by atoms with Gasteiger partial charge in [-0.1, -0.05) is 24.3 Å². The van der Waals surface area contributed by atoms with Gasteiger partial charge in [-0.25, -0.2) is 4.79 Å². The zero-order valence-electron chi connectivity index (χ0n) is 17.7. The number of ether oxygens (including phenoxy) is 1. The maximum atomic E-state index is 12.7. The van der Waals surface area contributed by atoms with Gasteiger partial charge in [0.2, 0.25) is 11.8 Å². The molecule has 2 heterocycles. The van der Waals surface area contributed by atoms with E-state index in [1.165, 1.54) is 23.3 Å². The number of carbonyl (C=O) groups is 3. The Bertz CT molecular complexity index is 1110. The normalized spacial score (nSPS) is 22.2. The molecular weight excluding hydrogens is 392 g/mol. The fourth-order valence-corrected chi connectivity index (χ4v) is 5.29. The fraction of sp³-hybridized carbons (Fsp3) is 0.400. The molecule has 0 N–H and O–H groups in total. The van der Waals surface area contributed by atoms with E-state index >= 15 is 0 Å². The van der Waals surface area contributed by atoms with Crippen molar-refractivity contribution >= 4 is 28.7 Å². The van der Waals surface area contributed by atoms with Crippen LogP contribution in [0, 0.1) is 11.8 Å². The van der Waals surface area contributed by atoms with Gasteiger partial charge < -0.3 is 9.30 Å². The minimum atomic E-state index is -0.339. The van der Waals surface area contributed by atoms with Gasteiger partial charge in [0, 0.05) is 29.7 Å². The second kappa shape index (κ2) is 7.84. The second-order valence-corrected chi connectivity index (χ2v) is 8.51. The van der Waals surface area contributed by atoms with Crippen LogP contribution in [-0.4, -0.2) is 40.9 Å². The average molecular weight is 418 g/mol. The lowest BCUT2D eigenvalue weighted by atomic mass is 9.91. The Hall–Kier alpha value is -3.15. The number of carbonyl (C=O) groups excluding carboxylic acids is 3. The van der Waals surface area contributed by atoms with Crippen molar-refractivity contribution in [2.45, 2.75) is 38.6 Å². The second-order valence-electron chi connectivity index (χ2n) is 8.51. The van der Waals surface area contributed by atoms with Gasteiger partial charge in [-0.05, 0) is 55.9 Å². The molecule has 2 unspecified atom stereocenters. The summed E-state index contributed by atoms with van der Waals surface area (Å²) in [5.41, 5.74) is 4.32. The van der Waals surface area contributed by atoms with Gasteiger partial charge in [0.05, 0.1) is 24.5 Å². The molecule has 6 nitrogen and oxygen atoms in total. The van der Waals surface area contributed by atoms with E-state index in [-0.39, 0.29) is 29.6 Å². The molecule has 1 saturated heterocycles. The van der Waals surface area contributed by atoms with E-state index in [2.05, 4.69) is 4.57 Å². The van der Waals surface area contributed by atoms with Crippen LogP contribution in [0.1, 0.15) is 40.9 Å². The van der Waals surface area contributed by atoms with E-state index in [1.54, 1.807) is 0 Å². The van der Waals surface area contributed by atoms with Gasteiger partial charge >= 0.3 is 5.97 Å². The van der Waals surface area contributed by atoms with E-state index in [1.807, 2.05) is 42.5 Å². The minimum absolute atomic E-state index is 0.0855. The molecule has 2 atom stereocenters. The van der Waals surface area contributed by atoms with Crippen molar-refractivity contribution in [1.82, 2.24) is 9.47 Å². The highest BCUT2D eigenvalue weighted by atomic mass is 16.5. The summed E-state index contributed by atoms with van der Waals surface area (Å²) in [5.74, 6) is -1.17. The molecular formula is C25H26N2O4. The third-order valence-electron chi connectivity index (χ3n) is 6.80. The van der Waals surface area contributed by atoms with Crippen LogP contribution in [0.4, 0.5) is 0 Å². The van der Waals surface area contributed by atoms with Crippen LogP contribution < -0.4 is 0 Å². The molecule has 1 aromatic heterocycles. The number of fused-ring (bicyclic) bond motifs is 4. The molecule has 0 bridgehead atoms. The molecule has 31 heavy (non-hydrogen) atoms. The summed E-state index contributed by atoms with van der Waals surface area (Å²) < 4.78 is 7.22. The van der Waals surface area contributed by atoms with Crippen LogP contribution in [0.25, 0.3) is 10.9 Å². The van der Waals surface area contributed by atoms with E-state index < -0.39 is 0 Å². The van der Waals surface area contributed by atoms with Gasteiger partial charge in [0.15, 0.2) is 0 Å². The summed E-state index contributed by atoms with van der Waals surface area (Å²) in [4.78, 5) is 38.8. The molecule has 1 aliphatic heterocycles. The van der Waals surface area contributed by atoms with Crippen molar-refractivity contribution in [3.05, 3.63) is 59.3 Å². The zero-order chi connectivity index (χ0) is 21.5. The van der Waals surface area contributed by atoms with Crippen molar-refractivity contribution in [3.63, 3.8) is 0 Å². The first-order valence-corrected chi connectivity index (χ1v) is 11.0. The minimum Gasteiger partial charge on any atom is -0.465 e. The van der Waals surface area contributed by atoms with Gasteiger partial charge in [-0.2, -0.15) is 0 Å². The Balaban J connectivity index is 1.39. The molecule has 1 fully saturated rings. The maximum absolute atomic E-state index is 12.7. The predicted molar refractivity (Wildman–Crippen MR) is 117 cm³/mol. The highest BCUT2D eigenvalue weighted by Gasteiger charge is 2.45. The largest absolute Gasteiger partial charge is 0.465 e. The lowest BCUT2D eigenvalue weighted by Gasteiger charge is -2.18. The van der Waals surface area contributed by atoms with Crippen LogP contribution in [0.15, 0.2) is 42.5 Å². The first kappa shape index (κ1) is 19.8. The monoisotopic (exact) mass is 418 g/mol. The molecule has 0 radical (unpaired) electrons. The number of amides is 2. The number of methoxy groups -OCH3 is 1. The van der Waals surface area contributed by atoms with Gasteiger partial charge in [0.25, 0.3) is 0 Å². The smallest absolute Gasteiger partial charge is 0.337 e. The van der Waals surface area contributed by atoms with Crippen LogP contribution in [0.2, 0.25) is 0 Å². The molecule has 160 valence electrons. The number of esters is 1. The number of imide groups is 1. The summed E-state index contributed by atoms with van der Waals surface area (Å²) in [6, 6.07) is 5.75. The van der Waals surface area contributed by atoms with Crippen LogP contribution in [0.5, 0.6) is 0 Å². The molecule has 3 aliphatic rings. The topological polar surface area (TPSA) is 68.6 Å². The third kappa shape index (κ3) is 3.21. The van der Waals surface area contributed by atoms with E-state index in [0.29, 0.717) is 18.5 Å². The summed E-state index contributed by atoms with van der Waals surface area (Å²) in [5, 5.41) is 1.12. The highest BCUT2D eigenvalue weighted by Crippen LogP contribution is 2.34. The Labute approximate surface area is 181 Å². The molecule has 0 spiro atoms. The molecule has 0 saturated carbocycles. The molecule has 2 aromatic rings. The third-order valence-corrected chi connectivity index (χ3v) is 6.80. The number of allylic oxidation sites excluding steroid dienone is 2. The summed E-state index contributed by atoms with van der Waals surface area (Å²) in [6.07, 6.45) is 12.4. The fourth-order valence-electron chi connectivity index (χ4n) is 5.29. The van der Waals surface area contributed by atoms with Gasteiger partial charge in [0.1, 0.15) is 0 Å². The highest BCUT2D eigenvalue weighted by molar-refractivity contribution is 6.07. The molecule has 5 rings (SSSR count). The summed E-state index contributed by atoms with van der Waals surface area (Å²) in [7, 11) is 1.40. The van der Waals surface area contributed by atoms with Gasteiger partial charge in [-0.15, -0.1) is 0 Å². The Morgan fingerprint density at radius 1 is 1.03 bits per heavy atom. The number of aryl methyl sites for hydroxylation is 2. The Morgan fingerprint density at radius 2 is 1.74 bits per heavy atom. The van der Waals surface area contributed by atoms with Crippen LogP contribution in [-0.2, 0) is 33.7 Å². The van der Waals surface area contributed by atoms with Crippen LogP contribution >= 0.6 is 0 Å². The number of rotatable bonds is 5. The van der Waals surface area contributed by atoms with E-state index in [4.69, 9.17) is 4.74 Å². The van der Waals surface area contributed by atoms with Crippen molar-refractivity contribution in [2.24, 2.45) is 11.8 Å². The molecule has 1 aromatic carbocycles. The lowest BCUT2D eigenvalue weighted by molar-refractivity contribution is -0.139. The SMILES string of the molecule is COC(=O)c1ccc2c(c1)c1c(n2CCCN2C(=O)C3C=CC=CC3C2=O)CCCC1. The Kier molecular flexibility index (Phi) is 5.00. The van der Waals surface area contributed by atoms with Crippen molar-refractivity contribution in [2.75, 3.05) is 13.7 Å². The molecule has 6 heteroatoms. The molecule has 2 amide bonds. The van der Waals surface area contributed by atoms with Gasteiger partial charge in [-0.3, -0.25) is 14.5 Å². The number of likely N-dealkylation sites (tertiary alicyclic amines) is 1. The average Bonchev–Trinajstić information content (AvgIpc) is 3.25. The summed E-state index contributed by atoms with van der Waals surface area (Å²) in [6.45, 7) is 1.17. The number of hydrogen-bond donors (Lipinski definition) is 0. The first-order chi connectivity index (χ1) is 15.1. The van der Waals surface area contributed by atoms with Crippen LogP contribution in [0.3, 0.4) is 0 Å². The quantitative estimate of drug-likeness (QED) is 0.551. The summed E-state index contributed by atoms with van der Waals surface area (Å²) >= 11 is 0. The lowest BCUT2D eigenvalue weighted by Crippen LogP contribution is -2.32. The van der Waals surface area contributed by atoms with E-state index in [9.17, 15) is 14.4 Å². The number of benzene rings is 1. The maximum Gasteiger partial charge on any atom is 0.337 e. The van der Waals surface area contributed by atoms with Crippen molar-refractivity contribution in [3.8, 4) is 0 Å². The standard InChI is InChI=1S/C25H26N2O4/c1-31-25(30)16-11-12-22-20(15-16)17-7-4-5-10-21(17)26(22)13-6-14-27-23(28)18-8-2-3-9-19(18)24(27)29/h2-3,8-9,11-12,15,18-19H,4-7,10,13-14H2,1H3. The van der Waals surface area contributed by atoms with Crippen molar-refractivity contribution in [1.29, 1.82) is 0 Å². The first-order valence-electron chi connectivity index (χ1n) is 11.0. The molecule has 2 aliphatic carbocycles. The zero-order valence-corrected chi connectivity index (χ0v) is 17.7. The number of hydrogen-bond acceptors (Lipinski definition) is 4.